The Balaban J connectivity index is 2.91. The Bertz CT molecular complexity index is 268. The Morgan fingerprint density at radius 3 is 2.31 bits per heavy atom. The molecule has 13 heavy (non-hydrogen) atoms. The molecule has 1 nitrogen and oxygen atoms in total. The lowest BCUT2D eigenvalue weighted by Gasteiger charge is -2.21. The van der Waals surface area contributed by atoms with Crippen LogP contribution >= 0.6 is 0 Å². The van der Waals surface area contributed by atoms with E-state index in [-0.39, 0.29) is 5.41 Å². The van der Waals surface area contributed by atoms with Crippen molar-refractivity contribution in [2.24, 2.45) is 0 Å². The Morgan fingerprint density at radius 1 is 1.31 bits per heavy atom. The molecule has 1 aromatic heterocycles. The van der Waals surface area contributed by atoms with Gasteiger partial charge in [-0.15, -0.1) is 0 Å². The number of hydrogen-bond donors (Lipinski definition) is 1. The minimum Gasteiger partial charge on any atom is -0.362 e. The molecule has 0 radical (unpaired) electrons. The van der Waals surface area contributed by atoms with E-state index in [0.29, 0.717) is 5.92 Å². The van der Waals surface area contributed by atoms with E-state index in [0.717, 1.165) is 0 Å². The van der Waals surface area contributed by atoms with Gasteiger partial charge in [0.2, 0.25) is 0 Å². The maximum absolute atomic E-state index is 3.50. The van der Waals surface area contributed by atoms with E-state index in [1.165, 1.54) is 17.8 Å². The summed E-state index contributed by atoms with van der Waals surface area (Å²) in [4.78, 5) is 3.50. The molecule has 0 bridgehead atoms. The first kappa shape index (κ1) is 10.4. The second kappa shape index (κ2) is 3.57. The van der Waals surface area contributed by atoms with Crippen molar-refractivity contribution < 1.29 is 0 Å². The average Bonchev–Trinajstić information content (AvgIpc) is 2.52. The van der Waals surface area contributed by atoms with Crippen LogP contribution in [-0.2, 0) is 5.41 Å². The fourth-order valence-electron chi connectivity index (χ4n) is 1.33. The van der Waals surface area contributed by atoms with E-state index >= 15 is 0 Å². The maximum atomic E-state index is 3.50. The van der Waals surface area contributed by atoms with Crippen LogP contribution in [0.15, 0.2) is 12.1 Å². The molecule has 1 aromatic rings. The molecule has 0 aromatic carbocycles. The highest BCUT2D eigenvalue weighted by molar-refractivity contribution is 5.21. The predicted octanol–water partition coefficient (Wildman–Crippen LogP) is 3.83. The van der Waals surface area contributed by atoms with Crippen LogP contribution in [0.4, 0.5) is 0 Å². The van der Waals surface area contributed by atoms with E-state index in [4.69, 9.17) is 0 Å². The minimum atomic E-state index is 0.285. The number of aromatic amines is 1. The van der Waals surface area contributed by atoms with Crippen molar-refractivity contribution in [3.05, 3.63) is 23.5 Å². The van der Waals surface area contributed by atoms with Crippen LogP contribution in [0.3, 0.4) is 0 Å². The SMILES string of the molecule is CCC(C)(C)c1ccc(C(C)C)[nH]1. The number of rotatable bonds is 3. The minimum absolute atomic E-state index is 0.285. The summed E-state index contributed by atoms with van der Waals surface area (Å²) in [5.41, 5.74) is 2.99. The van der Waals surface area contributed by atoms with Gasteiger partial charge in [-0.05, 0) is 24.5 Å². The number of hydrogen-bond acceptors (Lipinski definition) is 0. The molecule has 0 spiro atoms. The first-order valence-corrected chi connectivity index (χ1v) is 5.16. The molecule has 1 N–H and O–H groups in total. The van der Waals surface area contributed by atoms with Gasteiger partial charge in [0.25, 0.3) is 0 Å². The Kier molecular flexibility index (Phi) is 2.84. The average molecular weight is 179 g/mol. The summed E-state index contributed by atoms with van der Waals surface area (Å²) in [6.07, 6.45) is 1.17. The summed E-state index contributed by atoms with van der Waals surface area (Å²) < 4.78 is 0. The summed E-state index contributed by atoms with van der Waals surface area (Å²) >= 11 is 0. The molecule has 0 fully saturated rings. The van der Waals surface area contributed by atoms with Crippen LogP contribution in [0.1, 0.15) is 58.3 Å². The molecule has 0 aliphatic carbocycles. The fraction of sp³-hybridized carbons (Fsp3) is 0.667. The van der Waals surface area contributed by atoms with Crippen molar-refractivity contribution in [1.29, 1.82) is 0 Å². The van der Waals surface area contributed by atoms with Crippen LogP contribution < -0.4 is 0 Å². The van der Waals surface area contributed by atoms with E-state index < -0.39 is 0 Å². The highest BCUT2D eigenvalue weighted by atomic mass is 14.7. The van der Waals surface area contributed by atoms with Gasteiger partial charge in [-0.1, -0.05) is 34.6 Å². The molecule has 1 heterocycles. The Morgan fingerprint density at radius 2 is 1.92 bits per heavy atom. The molecule has 0 atom stereocenters. The molecule has 0 aliphatic rings. The molecular weight excluding hydrogens is 158 g/mol. The lowest BCUT2D eigenvalue weighted by Crippen LogP contribution is -2.15. The zero-order valence-corrected chi connectivity index (χ0v) is 9.44. The van der Waals surface area contributed by atoms with Crippen LogP contribution in [-0.4, -0.2) is 4.98 Å². The van der Waals surface area contributed by atoms with Gasteiger partial charge in [0, 0.05) is 16.8 Å². The molecule has 0 aliphatic heterocycles. The summed E-state index contributed by atoms with van der Waals surface area (Å²) in [5.74, 6) is 0.599. The molecular formula is C12H21N. The Hall–Kier alpha value is -0.720. The highest BCUT2D eigenvalue weighted by Gasteiger charge is 2.19. The molecule has 1 rings (SSSR count). The van der Waals surface area contributed by atoms with Gasteiger partial charge in [-0.25, -0.2) is 0 Å². The highest BCUT2D eigenvalue weighted by Crippen LogP contribution is 2.27. The number of H-pyrrole nitrogens is 1. The van der Waals surface area contributed by atoms with Gasteiger partial charge in [0.15, 0.2) is 0 Å². The normalized spacial score (nSPS) is 12.5. The maximum Gasteiger partial charge on any atom is 0.0206 e. The molecule has 0 saturated carbocycles. The third-order valence-corrected chi connectivity index (χ3v) is 2.94. The Labute approximate surface area is 81.6 Å². The molecule has 0 amide bonds. The number of aromatic nitrogens is 1. The van der Waals surface area contributed by atoms with Crippen LogP contribution in [0.2, 0.25) is 0 Å². The predicted molar refractivity (Wildman–Crippen MR) is 58.2 cm³/mol. The first-order valence-electron chi connectivity index (χ1n) is 5.16. The quantitative estimate of drug-likeness (QED) is 0.726. The zero-order valence-electron chi connectivity index (χ0n) is 9.44. The monoisotopic (exact) mass is 179 g/mol. The van der Waals surface area contributed by atoms with Gasteiger partial charge < -0.3 is 4.98 Å². The second-order valence-electron chi connectivity index (χ2n) is 4.72. The smallest absolute Gasteiger partial charge is 0.0206 e. The van der Waals surface area contributed by atoms with Crippen LogP contribution in [0.25, 0.3) is 0 Å². The van der Waals surface area contributed by atoms with Crippen molar-refractivity contribution in [1.82, 2.24) is 4.98 Å². The third kappa shape index (κ3) is 2.15. The summed E-state index contributed by atoms with van der Waals surface area (Å²) in [5, 5.41) is 0. The largest absolute Gasteiger partial charge is 0.362 e. The van der Waals surface area contributed by atoms with Crippen molar-refractivity contribution >= 4 is 0 Å². The van der Waals surface area contributed by atoms with Crippen molar-refractivity contribution in [3.8, 4) is 0 Å². The second-order valence-corrected chi connectivity index (χ2v) is 4.72. The van der Waals surface area contributed by atoms with Gasteiger partial charge in [-0.2, -0.15) is 0 Å². The lowest BCUT2D eigenvalue weighted by atomic mass is 9.87. The van der Waals surface area contributed by atoms with E-state index in [2.05, 4.69) is 51.7 Å². The van der Waals surface area contributed by atoms with Gasteiger partial charge in [0.1, 0.15) is 0 Å². The topological polar surface area (TPSA) is 15.8 Å². The molecule has 0 saturated heterocycles. The van der Waals surface area contributed by atoms with Gasteiger partial charge in [-0.3, -0.25) is 0 Å². The zero-order chi connectivity index (χ0) is 10.1. The van der Waals surface area contributed by atoms with Crippen molar-refractivity contribution in [2.45, 2.75) is 52.4 Å². The van der Waals surface area contributed by atoms with Crippen molar-refractivity contribution in [3.63, 3.8) is 0 Å². The number of nitrogens with one attached hydrogen (secondary N) is 1. The summed E-state index contributed by atoms with van der Waals surface area (Å²) in [7, 11) is 0. The molecule has 74 valence electrons. The van der Waals surface area contributed by atoms with E-state index in [1.54, 1.807) is 0 Å². The lowest BCUT2D eigenvalue weighted by molar-refractivity contribution is 0.491. The van der Waals surface area contributed by atoms with Crippen LogP contribution in [0, 0.1) is 0 Å². The summed E-state index contributed by atoms with van der Waals surface area (Å²) in [6, 6.07) is 4.43. The standard InChI is InChI=1S/C12H21N/c1-6-12(4,5)11-8-7-10(13-11)9(2)3/h7-9,13H,6H2,1-5H3. The third-order valence-electron chi connectivity index (χ3n) is 2.94. The van der Waals surface area contributed by atoms with Gasteiger partial charge >= 0.3 is 0 Å². The van der Waals surface area contributed by atoms with E-state index in [1.807, 2.05) is 0 Å². The summed E-state index contributed by atoms with van der Waals surface area (Å²) in [6.45, 7) is 11.2. The molecule has 1 heteroatoms. The van der Waals surface area contributed by atoms with Gasteiger partial charge in [0.05, 0.1) is 0 Å². The molecule has 0 unspecified atom stereocenters. The van der Waals surface area contributed by atoms with E-state index in [9.17, 15) is 0 Å². The van der Waals surface area contributed by atoms with Crippen LogP contribution in [0.5, 0.6) is 0 Å². The fourth-order valence-corrected chi connectivity index (χ4v) is 1.33. The van der Waals surface area contributed by atoms with Crippen molar-refractivity contribution in [2.75, 3.05) is 0 Å². The first-order chi connectivity index (χ1) is 5.97.